The van der Waals surface area contributed by atoms with Gasteiger partial charge in [-0.2, -0.15) is 0 Å². The van der Waals surface area contributed by atoms with Gasteiger partial charge in [-0.15, -0.1) is 0 Å². The van der Waals surface area contributed by atoms with Gasteiger partial charge in [-0.05, 0) is 48.8 Å². The second-order valence-electron chi connectivity index (χ2n) is 5.77. The highest BCUT2D eigenvalue weighted by molar-refractivity contribution is 5.41. The van der Waals surface area contributed by atoms with E-state index in [9.17, 15) is 0 Å². The third kappa shape index (κ3) is 1.66. The molecule has 90 valence electrons. The van der Waals surface area contributed by atoms with Crippen molar-refractivity contribution in [2.45, 2.75) is 50.1 Å². The van der Waals surface area contributed by atoms with Crippen molar-refractivity contribution in [3.63, 3.8) is 0 Å². The van der Waals surface area contributed by atoms with Crippen LogP contribution in [-0.4, -0.2) is 18.7 Å². The average Bonchev–Trinajstić information content (AvgIpc) is 2.94. The Morgan fingerprint density at radius 2 is 1.94 bits per heavy atom. The number of ether oxygens (including phenoxy) is 1. The quantitative estimate of drug-likeness (QED) is 0.799. The Labute approximate surface area is 102 Å². The number of hydrogen-bond acceptors (Lipinski definition) is 2. The second-order valence-corrected chi connectivity index (χ2v) is 5.77. The Morgan fingerprint density at radius 1 is 1.12 bits per heavy atom. The minimum absolute atomic E-state index is 0.753. The first-order valence-corrected chi connectivity index (χ1v) is 6.90. The highest BCUT2D eigenvalue weighted by Gasteiger charge is 2.34. The number of piperidine rings is 1. The Balaban J connectivity index is 1.62. The van der Waals surface area contributed by atoms with Gasteiger partial charge in [0.2, 0.25) is 0 Å². The average molecular weight is 229 g/mol. The van der Waals surface area contributed by atoms with Crippen LogP contribution < -0.4 is 10.1 Å². The lowest BCUT2D eigenvalue weighted by Crippen LogP contribution is -2.37. The first-order chi connectivity index (χ1) is 8.38. The Kier molecular flexibility index (Phi) is 2.19. The van der Waals surface area contributed by atoms with E-state index < -0.39 is 0 Å². The van der Waals surface area contributed by atoms with E-state index in [1.807, 2.05) is 0 Å². The first-order valence-electron chi connectivity index (χ1n) is 6.90. The van der Waals surface area contributed by atoms with Crippen LogP contribution in [0, 0.1) is 0 Å². The molecule has 3 heterocycles. The van der Waals surface area contributed by atoms with E-state index >= 15 is 0 Å². The van der Waals surface area contributed by atoms with Crippen LogP contribution in [0.15, 0.2) is 18.2 Å². The Hall–Kier alpha value is -1.02. The molecule has 1 aromatic rings. The molecule has 0 spiro atoms. The fourth-order valence-corrected chi connectivity index (χ4v) is 3.77. The van der Waals surface area contributed by atoms with E-state index in [1.54, 1.807) is 0 Å². The van der Waals surface area contributed by atoms with Gasteiger partial charge < -0.3 is 10.1 Å². The van der Waals surface area contributed by atoms with Crippen LogP contribution >= 0.6 is 0 Å². The molecule has 2 heteroatoms. The summed E-state index contributed by atoms with van der Waals surface area (Å²) in [5.74, 6) is 1.90. The van der Waals surface area contributed by atoms with E-state index in [4.69, 9.17) is 4.74 Å². The van der Waals surface area contributed by atoms with Gasteiger partial charge >= 0.3 is 0 Å². The fourth-order valence-electron chi connectivity index (χ4n) is 3.77. The third-order valence-electron chi connectivity index (χ3n) is 4.66. The van der Waals surface area contributed by atoms with Crippen LogP contribution in [0.25, 0.3) is 0 Å². The molecule has 0 aliphatic carbocycles. The van der Waals surface area contributed by atoms with Crippen molar-refractivity contribution in [3.8, 4) is 5.75 Å². The predicted molar refractivity (Wildman–Crippen MR) is 67.6 cm³/mol. The summed E-state index contributed by atoms with van der Waals surface area (Å²) in [6, 6.07) is 8.46. The van der Waals surface area contributed by atoms with Crippen molar-refractivity contribution in [2.75, 3.05) is 6.61 Å². The lowest BCUT2D eigenvalue weighted by Gasteiger charge is -2.29. The van der Waals surface area contributed by atoms with E-state index in [2.05, 4.69) is 23.5 Å². The molecule has 1 unspecified atom stereocenters. The Bertz CT molecular complexity index is 431. The molecule has 3 atom stereocenters. The minimum atomic E-state index is 0.753. The normalized spacial score (nSPS) is 34.5. The highest BCUT2D eigenvalue weighted by atomic mass is 16.5. The zero-order valence-electron chi connectivity index (χ0n) is 10.1. The van der Waals surface area contributed by atoms with Gasteiger partial charge in [0.05, 0.1) is 6.61 Å². The van der Waals surface area contributed by atoms with Crippen molar-refractivity contribution in [1.82, 2.24) is 5.32 Å². The minimum Gasteiger partial charge on any atom is -0.493 e. The molecule has 0 radical (unpaired) electrons. The van der Waals surface area contributed by atoms with Gasteiger partial charge in [0.15, 0.2) is 0 Å². The number of benzene rings is 1. The molecule has 2 fully saturated rings. The van der Waals surface area contributed by atoms with E-state index in [0.717, 1.165) is 36.8 Å². The molecule has 0 amide bonds. The van der Waals surface area contributed by atoms with E-state index in [0.29, 0.717) is 0 Å². The lowest BCUT2D eigenvalue weighted by molar-refractivity contribution is 0.350. The van der Waals surface area contributed by atoms with E-state index in [-0.39, 0.29) is 0 Å². The monoisotopic (exact) mass is 229 g/mol. The molecule has 1 aromatic carbocycles. The summed E-state index contributed by atoms with van der Waals surface area (Å²) < 4.78 is 5.68. The van der Waals surface area contributed by atoms with Crippen molar-refractivity contribution in [3.05, 3.63) is 29.3 Å². The summed E-state index contributed by atoms with van der Waals surface area (Å²) in [6.45, 7) is 0.871. The van der Waals surface area contributed by atoms with Gasteiger partial charge in [0.25, 0.3) is 0 Å². The van der Waals surface area contributed by atoms with Crippen LogP contribution in [0.4, 0.5) is 0 Å². The third-order valence-corrected chi connectivity index (χ3v) is 4.66. The zero-order chi connectivity index (χ0) is 11.2. The summed E-state index contributed by atoms with van der Waals surface area (Å²) >= 11 is 0. The van der Waals surface area contributed by atoms with Gasteiger partial charge in [-0.3, -0.25) is 0 Å². The summed E-state index contributed by atoms with van der Waals surface area (Å²) in [7, 11) is 0. The van der Waals surface area contributed by atoms with Crippen molar-refractivity contribution >= 4 is 0 Å². The molecule has 3 aliphatic rings. The maximum Gasteiger partial charge on any atom is 0.122 e. The number of nitrogens with one attached hydrogen (secondary N) is 1. The molecule has 2 bridgehead atoms. The summed E-state index contributed by atoms with van der Waals surface area (Å²) in [5, 5.41) is 3.71. The molecular formula is C15H19NO. The van der Waals surface area contributed by atoms with Crippen molar-refractivity contribution in [1.29, 1.82) is 0 Å². The lowest BCUT2D eigenvalue weighted by atomic mass is 9.86. The summed E-state index contributed by atoms with van der Waals surface area (Å²) in [6.07, 6.45) is 6.48. The molecule has 3 aliphatic heterocycles. The molecular weight excluding hydrogens is 210 g/mol. The molecule has 17 heavy (non-hydrogen) atoms. The smallest absolute Gasteiger partial charge is 0.122 e. The highest BCUT2D eigenvalue weighted by Crippen LogP contribution is 2.39. The van der Waals surface area contributed by atoms with Gasteiger partial charge in [-0.25, -0.2) is 0 Å². The predicted octanol–water partition coefficient (Wildman–Crippen LogP) is 2.62. The maximum absolute atomic E-state index is 5.68. The first kappa shape index (κ1) is 9.95. The molecule has 2 nitrogen and oxygen atoms in total. The maximum atomic E-state index is 5.68. The molecule has 4 rings (SSSR count). The second kappa shape index (κ2) is 3.74. The van der Waals surface area contributed by atoms with Gasteiger partial charge in [-0.1, -0.05) is 12.1 Å². The molecule has 2 saturated heterocycles. The number of fused-ring (bicyclic) bond motifs is 3. The van der Waals surface area contributed by atoms with Crippen molar-refractivity contribution < 1.29 is 4.74 Å². The van der Waals surface area contributed by atoms with Gasteiger partial charge in [0.1, 0.15) is 5.75 Å². The van der Waals surface area contributed by atoms with E-state index in [1.165, 1.54) is 36.8 Å². The SMILES string of the molecule is c1cc2c(cc1C1C[C@H]3CC[C@@H](C1)N3)OCC2. The molecule has 0 saturated carbocycles. The zero-order valence-corrected chi connectivity index (χ0v) is 10.1. The van der Waals surface area contributed by atoms with Crippen molar-refractivity contribution in [2.24, 2.45) is 0 Å². The number of rotatable bonds is 1. The van der Waals surface area contributed by atoms with Crippen LogP contribution in [0.2, 0.25) is 0 Å². The largest absolute Gasteiger partial charge is 0.493 e. The summed E-state index contributed by atoms with van der Waals surface area (Å²) in [4.78, 5) is 0. The van der Waals surface area contributed by atoms with Crippen LogP contribution in [0.1, 0.15) is 42.7 Å². The van der Waals surface area contributed by atoms with Crippen LogP contribution in [0.3, 0.4) is 0 Å². The van der Waals surface area contributed by atoms with Crippen LogP contribution in [-0.2, 0) is 6.42 Å². The fraction of sp³-hybridized carbons (Fsp3) is 0.600. The van der Waals surface area contributed by atoms with Crippen LogP contribution in [0.5, 0.6) is 5.75 Å². The number of hydrogen-bond donors (Lipinski definition) is 1. The summed E-state index contributed by atoms with van der Waals surface area (Å²) in [5.41, 5.74) is 2.90. The standard InChI is InChI=1S/C15H19NO/c1-2-11(9-15-10(1)5-6-17-15)12-7-13-3-4-14(8-12)16-13/h1-2,9,12-14,16H,3-8H2/t12?,13-,14+. The molecule has 0 aromatic heterocycles. The topological polar surface area (TPSA) is 21.3 Å². The van der Waals surface area contributed by atoms with Gasteiger partial charge in [0, 0.05) is 18.5 Å². The molecule has 1 N–H and O–H groups in total. The Morgan fingerprint density at radius 3 is 2.76 bits per heavy atom.